The van der Waals surface area contributed by atoms with Gasteiger partial charge in [0.2, 0.25) is 15.9 Å². The van der Waals surface area contributed by atoms with E-state index >= 15 is 0 Å². The molecule has 9 heteroatoms. The molecule has 0 radical (unpaired) electrons. The minimum absolute atomic E-state index is 0.0176. The Morgan fingerprint density at radius 1 is 1.50 bits per heavy atom. The molecular formula is C11H13BrClN3O3S. The van der Waals surface area contributed by atoms with Gasteiger partial charge >= 0.3 is 0 Å². The first-order valence-electron chi connectivity index (χ1n) is 5.98. The van der Waals surface area contributed by atoms with Crippen molar-refractivity contribution in [2.24, 2.45) is 0 Å². The Balaban J connectivity index is 1.93. The van der Waals surface area contributed by atoms with Gasteiger partial charge in [0, 0.05) is 29.7 Å². The summed E-state index contributed by atoms with van der Waals surface area (Å²) < 4.78 is 26.9. The maximum absolute atomic E-state index is 12.0. The second-order valence-electron chi connectivity index (χ2n) is 4.43. The summed E-state index contributed by atoms with van der Waals surface area (Å²) in [6.07, 6.45) is 3.49. The highest BCUT2D eigenvalue weighted by atomic mass is 79.9. The molecule has 0 aromatic carbocycles. The lowest BCUT2D eigenvalue weighted by Crippen LogP contribution is -2.31. The van der Waals surface area contributed by atoms with Crippen LogP contribution < -0.4 is 10.0 Å². The molecule has 2 rings (SSSR count). The summed E-state index contributed by atoms with van der Waals surface area (Å²) in [6, 6.07) is 1.63. The molecule has 0 aliphatic heterocycles. The molecule has 0 saturated heterocycles. The molecule has 0 unspecified atom stereocenters. The quantitative estimate of drug-likeness (QED) is 0.729. The lowest BCUT2D eigenvalue weighted by atomic mass is 10.4. The third kappa shape index (κ3) is 4.41. The third-order valence-corrected chi connectivity index (χ3v) is 4.97. The monoisotopic (exact) mass is 381 g/mol. The molecular weight excluding hydrogens is 370 g/mol. The number of aromatic nitrogens is 1. The first kappa shape index (κ1) is 15.7. The average molecular weight is 383 g/mol. The Bertz CT molecular complexity index is 619. The number of hydrogen-bond donors (Lipinski definition) is 2. The number of carbonyl (C=O) groups is 1. The Morgan fingerprint density at radius 2 is 2.20 bits per heavy atom. The molecule has 1 amide bonds. The van der Waals surface area contributed by atoms with Crippen molar-refractivity contribution in [2.45, 2.75) is 30.2 Å². The highest BCUT2D eigenvalue weighted by Gasteiger charge is 2.23. The predicted molar refractivity (Wildman–Crippen MR) is 77.9 cm³/mol. The van der Waals surface area contributed by atoms with E-state index in [9.17, 15) is 13.2 Å². The van der Waals surface area contributed by atoms with Crippen molar-refractivity contribution >= 4 is 43.5 Å². The van der Waals surface area contributed by atoms with Crippen molar-refractivity contribution in [3.05, 3.63) is 21.9 Å². The van der Waals surface area contributed by atoms with Crippen molar-refractivity contribution in [3.63, 3.8) is 0 Å². The molecule has 2 N–H and O–H groups in total. The molecule has 0 bridgehead atoms. The Morgan fingerprint density at radius 3 is 2.85 bits per heavy atom. The maximum Gasteiger partial charge on any atom is 0.243 e. The first-order chi connectivity index (χ1) is 9.38. The number of pyridine rings is 1. The lowest BCUT2D eigenvalue weighted by Gasteiger charge is -2.08. The molecule has 1 aliphatic carbocycles. The Hall–Kier alpha value is -0.700. The van der Waals surface area contributed by atoms with E-state index in [1.165, 1.54) is 12.3 Å². The summed E-state index contributed by atoms with van der Waals surface area (Å²) in [7, 11) is -3.78. The van der Waals surface area contributed by atoms with Crippen molar-refractivity contribution in [1.82, 2.24) is 15.0 Å². The van der Waals surface area contributed by atoms with Crippen LogP contribution in [0.1, 0.15) is 19.3 Å². The second-order valence-corrected chi connectivity index (χ2v) is 7.44. The smallest absolute Gasteiger partial charge is 0.243 e. The first-order valence-corrected chi connectivity index (χ1v) is 8.64. The fourth-order valence-corrected chi connectivity index (χ4v) is 3.47. The van der Waals surface area contributed by atoms with E-state index in [1.54, 1.807) is 0 Å². The largest absolute Gasteiger partial charge is 0.353 e. The van der Waals surface area contributed by atoms with Crippen LogP contribution in [0.4, 0.5) is 0 Å². The van der Waals surface area contributed by atoms with Gasteiger partial charge in [-0.2, -0.15) is 0 Å². The molecule has 0 atom stereocenters. The van der Waals surface area contributed by atoms with Gasteiger partial charge in [-0.3, -0.25) is 4.79 Å². The fourth-order valence-electron chi connectivity index (χ4n) is 1.50. The summed E-state index contributed by atoms with van der Waals surface area (Å²) in [4.78, 5) is 15.1. The maximum atomic E-state index is 12.0. The Labute approximate surface area is 130 Å². The van der Waals surface area contributed by atoms with Crippen LogP contribution in [0.2, 0.25) is 5.15 Å². The minimum Gasteiger partial charge on any atom is -0.353 e. The molecule has 1 fully saturated rings. The van der Waals surface area contributed by atoms with E-state index in [0.717, 1.165) is 12.8 Å². The molecule has 1 aromatic rings. The highest BCUT2D eigenvalue weighted by Crippen LogP contribution is 2.22. The molecule has 1 aromatic heterocycles. The van der Waals surface area contributed by atoms with E-state index in [0.29, 0.717) is 4.47 Å². The summed E-state index contributed by atoms with van der Waals surface area (Å²) in [5, 5.41) is 2.67. The number of nitrogens with one attached hydrogen (secondary N) is 2. The molecule has 0 spiro atoms. The van der Waals surface area contributed by atoms with Crippen molar-refractivity contribution in [1.29, 1.82) is 0 Å². The number of carbonyl (C=O) groups excluding carboxylic acids is 1. The topological polar surface area (TPSA) is 88.2 Å². The average Bonchev–Trinajstić information content (AvgIpc) is 3.15. The molecule has 20 heavy (non-hydrogen) atoms. The fraction of sp³-hybridized carbons (Fsp3) is 0.455. The van der Waals surface area contributed by atoms with Crippen molar-refractivity contribution < 1.29 is 13.2 Å². The summed E-state index contributed by atoms with van der Waals surface area (Å²) in [5.41, 5.74) is 0. The van der Waals surface area contributed by atoms with Crippen LogP contribution in [0.5, 0.6) is 0 Å². The zero-order valence-electron chi connectivity index (χ0n) is 10.4. The summed E-state index contributed by atoms with van der Waals surface area (Å²) in [5.74, 6) is -0.159. The van der Waals surface area contributed by atoms with E-state index in [1.807, 2.05) is 0 Å². The van der Waals surface area contributed by atoms with E-state index < -0.39 is 10.0 Å². The van der Waals surface area contributed by atoms with Crippen LogP contribution in [0.25, 0.3) is 0 Å². The van der Waals surface area contributed by atoms with Gasteiger partial charge in [0.1, 0.15) is 10.0 Å². The number of amides is 1. The molecule has 1 heterocycles. The van der Waals surface area contributed by atoms with Crippen LogP contribution >= 0.6 is 27.5 Å². The van der Waals surface area contributed by atoms with Crippen LogP contribution in [0, 0.1) is 0 Å². The van der Waals surface area contributed by atoms with E-state index in [4.69, 9.17) is 11.6 Å². The van der Waals surface area contributed by atoms with Gasteiger partial charge in [0.15, 0.2) is 0 Å². The van der Waals surface area contributed by atoms with E-state index in [-0.39, 0.29) is 35.0 Å². The van der Waals surface area contributed by atoms with Crippen LogP contribution in [-0.2, 0) is 14.8 Å². The van der Waals surface area contributed by atoms with Gasteiger partial charge in [-0.15, -0.1) is 0 Å². The summed E-state index contributed by atoms with van der Waals surface area (Å²) >= 11 is 8.91. The van der Waals surface area contributed by atoms with Gasteiger partial charge in [-0.1, -0.05) is 11.6 Å². The van der Waals surface area contributed by atoms with Gasteiger partial charge < -0.3 is 5.32 Å². The highest BCUT2D eigenvalue weighted by molar-refractivity contribution is 9.10. The SMILES string of the molecule is O=C(CCNS(=O)(=O)c1cc(Br)cnc1Cl)NC1CC1. The van der Waals surface area contributed by atoms with Gasteiger partial charge in [-0.25, -0.2) is 18.1 Å². The number of halogens is 2. The Kier molecular flexibility index (Phi) is 5.00. The van der Waals surface area contributed by atoms with E-state index in [2.05, 4.69) is 31.0 Å². The number of hydrogen-bond acceptors (Lipinski definition) is 4. The predicted octanol–water partition coefficient (Wildman–Crippen LogP) is 1.44. The molecule has 6 nitrogen and oxygen atoms in total. The van der Waals surface area contributed by atoms with Crippen molar-refractivity contribution in [3.8, 4) is 0 Å². The van der Waals surface area contributed by atoms with Crippen molar-refractivity contribution in [2.75, 3.05) is 6.54 Å². The van der Waals surface area contributed by atoms with Crippen LogP contribution in [0.3, 0.4) is 0 Å². The van der Waals surface area contributed by atoms with Gasteiger partial charge in [0.05, 0.1) is 0 Å². The normalized spacial score (nSPS) is 15.1. The zero-order valence-corrected chi connectivity index (χ0v) is 13.6. The third-order valence-electron chi connectivity index (χ3n) is 2.65. The zero-order chi connectivity index (χ0) is 14.8. The summed E-state index contributed by atoms with van der Waals surface area (Å²) in [6.45, 7) is 0.0176. The standard InChI is InChI=1S/C11H13BrClN3O3S/c12-7-5-9(11(13)14-6-7)20(18,19)15-4-3-10(17)16-8-1-2-8/h5-6,8,15H,1-4H2,(H,16,17). The number of sulfonamides is 1. The molecule has 1 saturated carbocycles. The van der Waals surface area contributed by atoms with Gasteiger partial charge in [-0.05, 0) is 34.8 Å². The van der Waals surface area contributed by atoms with Gasteiger partial charge in [0.25, 0.3) is 0 Å². The molecule has 110 valence electrons. The van der Waals surface area contributed by atoms with Crippen LogP contribution in [0.15, 0.2) is 21.6 Å². The molecule has 1 aliphatic rings. The number of nitrogens with zero attached hydrogens (tertiary/aromatic N) is 1. The lowest BCUT2D eigenvalue weighted by molar-refractivity contribution is -0.121. The minimum atomic E-state index is -3.78. The second kappa shape index (κ2) is 6.38. The number of rotatable bonds is 6. The van der Waals surface area contributed by atoms with Crippen LogP contribution in [-0.4, -0.2) is 31.9 Å².